The summed E-state index contributed by atoms with van der Waals surface area (Å²) in [6.45, 7) is 3.75. The fourth-order valence-corrected chi connectivity index (χ4v) is 4.49. The minimum Gasteiger partial charge on any atom is -0.481 e. The van der Waals surface area contributed by atoms with Crippen molar-refractivity contribution in [3.05, 3.63) is 101 Å². The number of carbonyl (C=O) groups is 3. The average Bonchev–Trinajstić information content (AvgIpc) is 3.12. The van der Waals surface area contributed by atoms with Crippen LogP contribution in [0.25, 0.3) is 0 Å². The lowest BCUT2D eigenvalue weighted by molar-refractivity contribution is -0.151. The fourth-order valence-electron chi connectivity index (χ4n) is 4.49. The van der Waals surface area contributed by atoms with Crippen LogP contribution in [0.3, 0.4) is 0 Å². The number of amides is 1. The van der Waals surface area contributed by atoms with E-state index < -0.39 is 30.0 Å². The second-order valence-electron chi connectivity index (χ2n) is 8.31. The maximum Gasteiger partial charge on any atom is 0.315 e. The first-order valence-corrected chi connectivity index (χ1v) is 11.5. The first kappa shape index (κ1) is 23.2. The summed E-state index contributed by atoms with van der Waals surface area (Å²) >= 11 is 0. The quantitative estimate of drug-likeness (QED) is 0.441. The number of nitrogens with zero attached hydrogens (tertiary/aromatic N) is 1. The minimum atomic E-state index is -0.902. The lowest BCUT2D eigenvalue weighted by Crippen LogP contribution is -2.32. The molecule has 0 aliphatic carbocycles. The molecule has 1 heterocycles. The summed E-state index contributed by atoms with van der Waals surface area (Å²) in [6.07, 6.45) is 0.121. The summed E-state index contributed by atoms with van der Waals surface area (Å²) in [5.41, 5.74) is 3.17. The molecule has 3 atom stereocenters. The van der Waals surface area contributed by atoms with Crippen molar-refractivity contribution in [2.45, 2.75) is 44.8 Å². The van der Waals surface area contributed by atoms with Gasteiger partial charge in [-0.25, -0.2) is 0 Å². The van der Waals surface area contributed by atoms with Gasteiger partial charge in [0.05, 0.1) is 11.8 Å². The van der Waals surface area contributed by atoms with Crippen molar-refractivity contribution < 1.29 is 24.2 Å². The van der Waals surface area contributed by atoms with Gasteiger partial charge in [0.2, 0.25) is 6.23 Å². The first-order chi connectivity index (χ1) is 16.5. The largest absolute Gasteiger partial charge is 0.481 e. The Morgan fingerprint density at radius 3 is 2.06 bits per heavy atom. The predicted octanol–water partition coefficient (Wildman–Crippen LogP) is 5.66. The third kappa shape index (κ3) is 4.31. The maximum atomic E-state index is 13.3. The summed E-state index contributed by atoms with van der Waals surface area (Å²) in [7, 11) is 0. The summed E-state index contributed by atoms with van der Waals surface area (Å²) < 4.78 is 5.99. The van der Waals surface area contributed by atoms with Crippen LogP contribution in [-0.4, -0.2) is 23.0 Å². The van der Waals surface area contributed by atoms with Crippen molar-refractivity contribution in [3.63, 3.8) is 0 Å². The highest BCUT2D eigenvalue weighted by atomic mass is 16.6. The normalized spacial score (nSPS) is 16.6. The van der Waals surface area contributed by atoms with E-state index in [0.29, 0.717) is 35.2 Å². The molecule has 0 bridgehead atoms. The number of esters is 1. The Balaban J connectivity index is 1.67. The molecule has 3 unspecified atom stereocenters. The molecule has 34 heavy (non-hydrogen) atoms. The van der Waals surface area contributed by atoms with Crippen LogP contribution >= 0.6 is 0 Å². The van der Waals surface area contributed by atoms with Crippen molar-refractivity contribution in [2.24, 2.45) is 0 Å². The number of ether oxygens (including phenoxy) is 1. The van der Waals surface area contributed by atoms with Gasteiger partial charge in [0.15, 0.2) is 0 Å². The second-order valence-corrected chi connectivity index (χ2v) is 8.31. The molecule has 0 radical (unpaired) electrons. The van der Waals surface area contributed by atoms with Crippen LogP contribution in [0.1, 0.15) is 71.8 Å². The van der Waals surface area contributed by atoms with Crippen LogP contribution in [0, 0.1) is 0 Å². The van der Waals surface area contributed by atoms with Gasteiger partial charge in [0.1, 0.15) is 0 Å². The molecule has 1 aliphatic heterocycles. The predicted molar refractivity (Wildman–Crippen MR) is 129 cm³/mol. The first-order valence-electron chi connectivity index (χ1n) is 11.5. The summed E-state index contributed by atoms with van der Waals surface area (Å²) in [5, 5.41) is 9.46. The van der Waals surface area contributed by atoms with Crippen LogP contribution in [0.2, 0.25) is 0 Å². The summed E-state index contributed by atoms with van der Waals surface area (Å²) in [4.78, 5) is 39.6. The van der Waals surface area contributed by atoms with Crippen molar-refractivity contribution >= 4 is 23.5 Å². The zero-order valence-electron chi connectivity index (χ0n) is 19.2. The highest BCUT2D eigenvalue weighted by Gasteiger charge is 2.41. The van der Waals surface area contributed by atoms with Crippen LogP contribution in [-0.2, 0) is 14.3 Å². The number of anilines is 1. The van der Waals surface area contributed by atoms with E-state index in [1.807, 2.05) is 50.2 Å². The number of hydrogen-bond donors (Lipinski definition) is 1. The third-order valence-electron chi connectivity index (χ3n) is 6.31. The van der Waals surface area contributed by atoms with E-state index >= 15 is 0 Å². The van der Waals surface area contributed by atoms with Gasteiger partial charge in [0, 0.05) is 16.8 Å². The van der Waals surface area contributed by atoms with Crippen LogP contribution in [0.15, 0.2) is 78.9 Å². The van der Waals surface area contributed by atoms with Gasteiger partial charge < -0.3 is 9.84 Å². The number of hydrogen-bond acceptors (Lipinski definition) is 4. The SMILES string of the molecule is CCC(C(=O)O)c1ccc(N2C(=O)c3ccccc3C2OC(=O)C(CC)c2ccccc2)cc1. The summed E-state index contributed by atoms with van der Waals surface area (Å²) in [5.74, 6) is -2.63. The van der Waals surface area contributed by atoms with Crippen LogP contribution in [0.4, 0.5) is 5.69 Å². The van der Waals surface area contributed by atoms with E-state index in [1.54, 1.807) is 42.5 Å². The number of aliphatic carboxylic acids is 1. The molecule has 3 aromatic rings. The van der Waals surface area contributed by atoms with Gasteiger partial charge in [0.25, 0.3) is 5.91 Å². The topological polar surface area (TPSA) is 83.9 Å². The monoisotopic (exact) mass is 457 g/mol. The molecule has 0 saturated carbocycles. The number of benzene rings is 3. The molecule has 1 aliphatic rings. The van der Waals surface area contributed by atoms with Gasteiger partial charge in [-0.15, -0.1) is 0 Å². The fraction of sp³-hybridized carbons (Fsp3) is 0.250. The molecule has 0 aromatic heterocycles. The molecule has 1 N–H and O–H groups in total. The molecule has 6 nitrogen and oxygen atoms in total. The molecule has 6 heteroatoms. The van der Waals surface area contributed by atoms with E-state index in [9.17, 15) is 19.5 Å². The number of fused-ring (bicyclic) bond motifs is 1. The standard InChI is InChI=1S/C28H27NO5/c1-3-21(27(31)32)19-14-16-20(17-15-19)29-25(30)23-12-8-9-13-24(23)26(29)34-28(33)22(4-2)18-10-6-5-7-11-18/h5-17,21-22,26H,3-4H2,1-2H3,(H,31,32). The van der Waals surface area contributed by atoms with E-state index in [4.69, 9.17) is 4.74 Å². The van der Waals surface area contributed by atoms with E-state index in [1.165, 1.54) is 4.90 Å². The van der Waals surface area contributed by atoms with Crippen molar-refractivity contribution in [3.8, 4) is 0 Å². The highest BCUT2D eigenvalue weighted by molar-refractivity contribution is 6.11. The Morgan fingerprint density at radius 2 is 1.44 bits per heavy atom. The number of carbonyl (C=O) groups excluding carboxylic acids is 2. The van der Waals surface area contributed by atoms with Crippen molar-refractivity contribution in [1.29, 1.82) is 0 Å². The van der Waals surface area contributed by atoms with E-state index in [2.05, 4.69) is 0 Å². The number of carboxylic acid groups (broad SMARTS) is 1. The molecule has 174 valence electrons. The van der Waals surface area contributed by atoms with E-state index in [-0.39, 0.29) is 5.91 Å². The molecule has 3 aromatic carbocycles. The van der Waals surface area contributed by atoms with Gasteiger partial charge in [-0.05, 0) is 42.2 Å². The summed E-state index contributed by atoms with van der Waals surface area (Å²) in [6, 6.07) is 23.4. The Bertz CT molecular complexity index is 1190. The molecule has 1 amide bonds. The van der Waals surface area contributed by atoms with Crippen LogP contribution in [0.5, 0.6) is 0 Å². The zero-order chi connectivity index (χ0) is 24.2. The smallest absolute Gasteiger partial charge is 0.315 e. The van der Waals surface area contributed by atoms with Crippen molar-refractivity contribution in [1.82, 2.24) is 0 Å². The Hall–Kier alpha value is -3.93. The van der Waals surface area contributed by atoms with E-state index in [0.717, 1.165) is 5.56 Å². The number of rotatable bonds is 8. The lowest BCUT2D eigenvalue weighted by atomic mass is 9.96. The third-order valence-corrected chi connectivity index (χ3v) is 6.31. The number of carboxylic acids is 1. The molecular weight excluding hydrogens is 430 g/mol. The Labute approximate surface area is 198 Å². The molecule has 0 saturated heterocycles. The maximum absolute atomic E-state index is 13.3. The van der Waals surface area contributed by atoms with Gasteiger partial charge >= 0.3 is 11.9 Å². The Kier molecular flexibility index (Phi) is 6.77. The van der Waals surface area contributed by atoms with Gasteiger partial charge in [-0.3, -0.25) is 19.3 Å². The molecule has 4 rings (SSSR count). The lowest BCUT2D eigenvalue weighted by Gasteiger charge is -2.27. The van der Waals surface area contributed by atoms with Crippen LogP contribution < -0.4 is 4.90 Å². The highest BCUT2D eigenvalue weighted by Crippen LogP contribution is 2.40. The minimum absolute atomic E-state index is 0.265. The zero-order valence-corrected chi connectivity index (χ0v) is 19.2. The van der Waals surface area contributed by atoms with Gasteiger partial charge in [-0.1, -0.05) is 74.5 Å². The second kappa shape index (κ2) is 9.91. The molecular formula is C28H27NO5. The van der Waals surface area contributed by atoms with Crippen molar-refractivity contribution in [2.75, 3.05) is 4.90 Å². The van der Waals surface area contributed by atoms with Gasteiger partial charge in [-0.2, -0.15) is 0 Å². The molecule has 0 fully saturated rings. The average molecular weight is 458 g/mol. The Morgan fingerprint density at radius 1 is 0.853 bits per heavy atom. The molecule has 0 spiro atoms.